The maximum atomic E-state index is 10.9. The molecule has 1 fully saturated rings. The number of hydrogen-bond donors (Lipinski definition) is 1. The van der Waals surface area contributed by atoms with E-state index in [0.29, 0.717) is 6.61 Å². The van der Waals surface area contributed by atoms with Gasteiger partial charge in [-0.1, -0.05) is 0 Å². The highest BCUT2D eigenvalue weighted by Gasteiger charge is 2.19. The summed E-state index contributed by atoms with van der Waals surface area (Å²) in [4.78, 5) is 21.7. The Hall–Kier alpha value is -1.10. The zero-order valence-corrected chi connectivity index (χ0v) is 7.45. The third-order valence-corrected chi connectivity index (χ3v) is 2.31. The van der Waals surface area contributed by atoms with Crippen molar-refractivity contribution in [3.63, 3.8) is 0 Å². The predicted octanol–water partition coefficient (Wildman–Crippen LogP) is 0.526. The van der Waals surface area contributed by atoms with Crippen LogP contribution in [0.3, 0.4) is 0 Å². The zero-order valence-electron chi connectivity index (χ0n) is 7.45. The molecule has 0 unspecified atom stereocenters. The molecule has 0 bridgehead atoms. The van der Waals surface area contributed by atoms with Gasteiger partial charge in [-0.05, 0) is 19.3 Å². The third-order valence-electron chi connectivity index (χ3n) is 2.31. The van der Waals surface area contributed by atoms with E-state index in [0.717, 1.165) is 18.9 Å². The van der Waals surface area contributed by atoms with Crippen molar-refractivity contribution >= 4 is 11.9 Å². The van der Waals surface area contributed by atoms with E-state index in [1.165, 1.54) is 19.3 Å². The van der Waals surface area contributed by atoms with Gasteiger partial charge in [0.05, 0.1) is 0 Å². The summed E-state index contributed by atoms with van der Waals surface area (Å²) in [5.41, 5.74) is 2.20. The molecule has 5 nitrogen and oxygen atoms in total. The fraction of sp³-hybridized carbons (Fsp3) is 0.750. The van der Waals surface area contributed by atoms with Crippen LogP contribution in [0.25, 0.3) is 0 Å². The summed E-state index contributed by atoms with van der Waals surface area (Å²) in [6.45, 7) is 2.39. The van der Waals surface area contributed by atoms with E-state index < -0.39 is 6.03 Å². The number of urea groups is 1. The van der Waals surface area contributed by atoms with Gasteiger partial charge in [0.15, 0.2) is 0 Å². The maximum Gasteiger partial charge on any atom is 0.366 e. The highest BCUT2D eigenvalue weighted by Crippen LogP contribution is 2.10. The van der Waals surface area contributed by atoms with Crippen LogP contribution in [0, 0.1) is 0 Å². The van der Waals surface area contributed by atoms with Crippen LogP contribution < -0.4 is 5.48 Å². The number of nitrogens with one attached hydrogen (secondary N) is 1. The molecule has 0 aromatic rings. The summed E-state index contributed by atoms with van der Waals surface area (Å²) >= 11 is 0. The number of nitrogens with zero attached hydrogens (tertiary/aromatic N) is 2. The van der Waals surface area contributed by atoms with E-state index in [4.69, 9.17) is 4.84 Å². The molecule has 0 spiro atoms. The van der Waals surface area contributed by atoms with Gasteiger partial charge in [0.25, 0.3) is 0 Å². The molecule has 72 valence electrons. The Balaban J connectivity index is 2.01. The molecule has 2 heterocycles. The second-order valence-corrected chi connectivity index (χ2v) is 3.27. The molecule has 0 saturated carbocycles. The number of hydroxylamine groups is 1. The Bertz CT molecular complexity index is 234. The van der Waals surface area contributed by atoms with Crippen LogP contribution in [0.1, 0.15) is 19.3 Å². The van der Waals surface area contributed by atoms with Gasteiger partial charge in [-0.25, -0.2) is 10.3 Å². The quantitative estimate of drug-likeness (QED) is 0.596. The number of carbonyl (C=O) groups is 1. The standard InChI is InChI=1S/C8H13N3O2/c12-8-9-7(6-13-10-8)11-4-2-1-3-5-11/h1-6H2,(H,10,12). The molecule has 1 N–H and O–H groups in total. The fourth-order valence-corrected chi connectivity index (χ4v) is 1.65. The lowest BCUT2D eigenvalue weighted by Gasteiger charge is -2.30. The van der Waals surface area contributed by atoms with Gasteiger partial charge in [-0.2, -0.15) is 4.99 Å². The summed E-state index contributed by atoms with van der Waals surface area (Å²) < 4.78 is 0. The first-order chi connectivity index (χ1) is 6.36. The smallest absolute Gasteiger partial charge is 0.358 e. The normalized spacial score (nSPS) is 23.8. The van der Waals surface area contributed by atoms with Crippen LogP contribution in [0.5, 0.6) is 0 Å². The average molecular weight is 183 g/mol. The van der Waals surface area contributed by atoms with E-state index in [1.54, 1.807) is 0 Å². The van der Waals surface area contributed by atoms with E-state index in [1.807, 2.05) is 0 Å². The maximum absolute atomic E-state index is 10.9. The van der Waals surface area contributed by atoms with Crippen LogP contribution in [0.15, 0.2) is 4.99 Å². The van der Waals surface area contributed by atoms with E-state index in [9.17, 15) is 4.79 Å². The minimum Gasteiger partial charge on any atom is -0.358 e. The van der Waals surface area contributed by atoms with Gasteiger partial charge in [0.2, 0.25) is 0 Å². The average Bonchev–Trinajstić information content (AvgIpc) is 2.19. The number of piperidine rings is 1. The van der Waals surface area contributed by atoms with E-state index in [-0.39, 0.29) is 0 Å². The fourth-order valence-electron chi connectivity index (χ4n) is 1.65. The van der Waals surface area contributed by atoms with Gasteiger partial charge in [0, 0.05) is 13.1 Å². The Morgan fingerprint density at radius 1 is 1.31 bits per heavy atom. The van der Waals surface area contributed by atoms with Crippen molar-refractivity contribution in [3.05, 3.63) is 0 Å². The molecule has 0 radical (unpaired) electrons. The zero-order chi connectivity index (χ0) is 9.10. The Kier molecular flexibility index (Phi) is 2.44. The molecule has 2 rings (SSSR count). The molecule has 0 aromatic carbocycles. The lowest BCUT2D eigenvalue weighted by Crippen LogP contribution is -2.43. The van der Waals surface area contributed by atoms with E-state index in [2.05, 4.69) is 15.4 Å². The van der Waals surface area contributed by atoms with Crippen LogP contribution in [0.4, 0.5) is 4.79 Å². The predicted molar refractivity (Wildman–Crippen MR) is 47.3 cm³/mol. The number of rotatable bonds is 0. The van der Waals surface area contributed by atoms with Crippen molar-refractivity contribution in [2.45, 2.75) is 19.3 Å². The number of likely N-dealkylation sites (tertiary alicyclic amines) is 1. The molecule has 2 aliphatic rings. The molecule has 0 aliphatic carbocycles. The molecule has 0 atom stereocenters. The van der Waals surface area contributed by atoms with Gasteiger partial charge >= 0.3 is 6.03 Å². The Morgan fingerprint density at radius 2 is 2.08 bits per heavy atom. The highest BCUT2D eigenvalue weighted by atomic mass is 16.7. The van der Waals surface area contributed by atoms with Crippen molar-refractivity contribution < 1.29 is 9.63 Å². The van der Waals surface area contributed by atoms with Crippen molar-refractivity contribution in [2.24, 2.45) is 4.99 Å². The van der Waals surface area contributed by atoms with Gasteiger partial charge in [-0.15, -0.1) is 0 Å². The van der Waals surface area contributed by atoms with Crippen molar-refractivity contribution in [1.82, 2.24) is 10.4 Å². The van der Waals surface area contributed by atoms with Gasteiger partial charge < -0.3 is 4.90 Å². The van der Waals surface area contributed by atoms with Gasteiger partial charge in [-0.3, -0.25) is 4.84 Å². The Labute approximate surface area is 76.7 Å². The summed E-state index contributed by atoms with van der Waals surface area (Å²) in [5, 5.41) is 0. The molecule has 2 aliphatic heterocycles. The number of hydrogen-bond acceptors (Lipinski definition) is 3. The van der Waals surface area contributed by atoms with Crippen molar-refractivity contribution in [1.29, 1.82) is 0 Å². The third kappa shape index (κ3) is 1.98. The summed E-state index contributed by atoms with van der Waals surface area (Å²) in [6.07, 6.45) is 3.64. The van der Waals surface area contributed by atoms with Crippen LogP contribution >= 0.6 is 0 Å². The lowest BCUT2D eigenvalue weighted by molar-refractivity contribution is 0.0784. The minimum atomic E-state index is -0.396. The largest absolute Gasteiger partial charge is 0.366 e. The molecule has 2 amide bonds. The first-order valence-electron chi connectivity index (χ1n) is 4.60. The highest BCUT2D eigenvalue weighted by molar-refractivity contribution is 5.95. The first kappa shape index (κ1) is 8.50. The lowest BCUT2D eigenvalue weighted by atomic mass is 10.1. The monoisotopic (exact) mass is 183 g/mol. The SMILES string of the molecule is O=C1N=C(N2CCCCC2)CON1. The topological polar surface area (TPSA) is 53.9 Å². The van der Waals surface area contributed by atoms with E-state index >= 15 is 0 Å². The number of aliphatic imine (C=N–C) groups is 1. The molecule has 5 heteroatoms. The molecule has 0 aromatic heterocycles. The molecular weight excluding hydrogens is 170 g/mol. The molecular formula is C8H13N3O2. The van der Waals surface area contributed by atoms with Crippen LogP contribution in [0.2, 0.25) is 0 Å². The molecule has 1 saturated heterocycles. The van der Waals surface area contributed by atoms with Crippen molar-refractivity contribution in [2.75, 3.05) is 19.7 Å². The summed E-state index contributed by atoms with van der Waals surface area (Å²) in [7, 11) is 0. The summed E-state index contributed by atoms with van der Waals surface area (Å²) in [6, 6.07) is -0.396. The van der Waals surface area contributed by atoms with Crippen LogP contribution in [-0.4, -0.2) is 36.5 Å². The number of amides is 2. The van der Waals surface area contributed by atoms with Crippen molar-refractivity contribution in [3.8, 4) is 0 Å². The minimum absolute atomic E-state index is 0.395. The first-order valence-corrected chi connectivity index (χ1v) is 4.60. The number of carbonyl (C=O) groups excluding carboxylic acids is 1. The second-order valence-electron chi connectivity index (χ2n) is 3.27. The van der Waals surface area contributed by atoms with Gasteiger partial charge in [0.1, 0.15) is 12.4 Å². The van der Waals surface area contributed by atoms with Crippen LogP contribution in [-0.2, 0) is 4.84 Å². The summed E-state index contributed by atoms with van der Waals surface area (Å²) in [5.74, 6) is 0.767. The Morgan fingerprint density at radius 3 is 2.77 bits per heavy atom. The molecule has 13 heavy (non-hydrogen) atoms. The number of amidine groups is 1. The second kappa shape index (κ2) is 3.74.